The van der Waals surface area contributed by atoms with Crippen LogP contribution < -0.4 is 5.32 Å². The average Bonchev–Trinajstić information content (AvgIpc) is 2.44. The molecule has 104 valence electrons. The number of aromatic nitrogens is 1. The summed E-state index contributed by atoms with van der Waals surface area (Å²) in [6.07, 6.45) is 1.76. The summed E-state index contributed by atoms with van der Waals surface area (Å²) >= 11 is 2.16. The SMILES string of the molecule is Cc1ncc(I)cc1NC(=O)COCc1ccccc1. The standard InChI is InChI=1S/C15H15IN2O2/c1-11-14(7-13(16)8-17-11)18-15(19)10-20-9-12-5-3-2-4-6-12/h2-8H,9-10H2,1H3,(H,18,19). The van der Waals surface area contributed by atoms with E-state index in [2.05, 4.69) is 32.9 Å². The van der Waals surface area contributed by atoms with E-state index < -0.39 is 0 Å². The lowest BCUT2D eigenvalue weighted by Gasteiger charge is -2.08. The second-order valence-electron chi connectivity index (χ2n) is 4.31. The van der Waals surface area contributed by atoms with Gasteiger partial charge in [-0.05, 0) is 41.1 Å². The van der Waals surface area contributed by atoms with E-state index in [0.29, 0.717) is 6.61 Å². The number of pyridine rings is 1. The molecule has 2 aromatic rings. The Bertz CT molecular complexity index is 588. The van der Waals surface area contributed by atoms with Gasteiger partial charge >= 0.3 is 0 Å². The number of hydrogen-bond acceptors (Lipinski definition) is 3. The molecule has 1 heterocycles. The van der Waals surface area contributed by atoms with E-state index in [-0.39, 0.29) is 12.5 Å². The molecule has 0 atom stereocenters. The van der Waals surface area contributed by atoms with Gasteiger partial charge in [0.05, 0.1) is 18.0 Å². The zero-order valence-electron chi connectivity index (χ0n) is 11.1. The largest absolute Gasteiger partial charge is 0.367 e. The summed E-state index contributed by atoms with van der Waals surface area (Å²) < 4.78 is 6.37. The fourth-order valence-electron chi connectivity index (χ4n) is 1.66. The molecule has 1 N–H and O–H groups in total. The van der Waals surface area contributed by atoms with Crippen molar-refractivity contribution in [1.82, 2.24) is 4.98 Å². The number of aryl methyl sites for hydroxylation is 1. The molecule has 0 aliphatic carbocycles. The van der Waals surface area contributed by atoms with Crippen LogP contribution >= 0.6 is 22.6 Å². The Hall–Kier alpha value is -1.47. The van der Waals surface area contributed by atoms with Crippen molar-refractivity contribution in [1.29, 1.82) is 0 Å². The van der Waals surface area contributed by atoms with E-state index in [0.717, 1.165) is 20.5 Å². The molecule has 0 spiro atoms. The summed E-state index contributed by atoms with van der Waals surface area (Å²) in [7, 11) is 0. The Morgan fingerprint density at radius 2 is 2.10 bits per heavy atom. The van der Waals surface area contributed by atoms with Crippen LogP contribution in [0, 0.1) is 10.5 Å². The zero-order valence-corrected chi connectivity index (χ0v) is 13.3. The summed E-state index contributed by atoms with van der Waals surface area (Å²) in [5.41, 5.74) is 2.57. The lowest BCUT2D eigenvalue weighted by atomic mass is 10.2. The predicted octanol–water partition coefficient (Wildman–Crippen LogP) is 3.15. The highest BCUT2D eigenvalue weighted by atomic mass is 127. The molecule has 4 nitrogen and oxygen atoms in total. The van der Waals surface area contributed by atoms with Crippen molar-refractivity contribution in [3.63, 3.8) is 0 Å². The van der Waals surface area contributed by atoms with Crippen LogP contribution in [0.3, 0.4) is 0 Å². The molecule has 0 saturated heterocycles. The van der Waals surface area contributed by atoms with Gasteiger partial charge in [0.1, 0.15) is 6.61 Å². The van der Waals surface area contributed by atoms with Gasteiger partial charge in [-0.3, -0.25) is 9.78 Å². The van der Waals surface area contributed by atoms with Gasteiger partial charge in [0.15, 0.2) is 0 Å². The van der Waals surface area contributed by atoms with Gasteiger partial charge in [0.25, 0.3) is 0 Å². The molecule has 0 aliphatic heterocycles. The van der Waals surface area contributed by atoms with Crippen molar-refractivity contribution in [2.45, 2.75) is 13.5 Å². The number of nitrogens with one attached hydrogen (secondary N) is 1. The molecule has 0 saturated carbocycles. The van der Waals surface area contributed by atoms with E-state index in [1.54, 1.807) is 6.20 Å². The van der Waals surface area contributed by atoms with Crippen LogP contribution in [-0.2, 0) is 16.1 Å². The number of ether oxygens (including phenoxy) is 1. The summed E-state index contributed by atoms with van der Waals surface area (Å²) in [5, 5.41) is 2.81. The monoisotopic (exact) mass is 382 g/mol. The topological polar surface area (TPSA) is 51.2 Å². The number of amides is 1. The highest BCUT2D eigenvalue weighted by molar-refractivity contribution is 14.1. The first-order valence-electron chi connectivity index (χ1n) is 6.19. The highest BCUT2D eigenvalue weighted by Gasteiger charge is 2.06. The van der Waals surface area contributed by atoms with E-state index in [1.165, 1.54) is 0 Å². The van der Waals surface area contributed by atoms with Crippen LogP contribution in [0.2, 0.25) is 0 Å². The van der Waals surface area contributed by atoms with Crippen molar-refractivity contribution in [3.05, 3.63) is 57.4 Å². The lowest BCUT2D eigenvalue weighted by molar-refractivity contribution is -0.121. The lowest BCUT2D eigenvalue weighted by Crippen LogP contribution is -2.19. The van der Waals surface area contributed by atoms with Crippen molar-refractivity contribution >= 4 is 34.2 Å². The fourth-order valence-corrected chi connectivity index (χ4v) is 2.11. The number of rotatable bonds is 5. The Morgan fingerprint density at radius 3 is 2.85 bits per heavy atom. The molecule has 1 amide bonds. The first-order chi connectivity index (χ1) is 9.65. The number of benzene rings is 1. The Morgan fingerprint density at radius 1 is 1.35 bits per heavy atom. The smallest absolute Gasteiger partial charge is 0.250 e. The third-order valence-electron chi connectivity index (χ3n) is 2.67. The van der Waals surface area contributed by atoms with Crippen LogP contribution in [0.4, 0.5) is 5.69 Å². The fraction of sp³-hybridized carbons (Fsp3) is 0.200. The van der Waals surface area contributed by atoms with E-state index in [4.69, 9.17) is 4.74 Å². The maximum absolute atomic E-state index is 11.8. The third-order valence-corrected chi connectivity index (χ3v) is 3.26. The summed E-state index contributed by atoms with van der Waals surface area (Å²) in [6.45, 7) is 2.31. The Labute approximate surface area is 131 Å². The van der Waals surface area contributed by atoms with Crippen molar-refractivity contribution in [2.75, 3.05) is 11.9 Å². The molecule has 0 bridgehead atoms. The zero-order chi connectivity index (χ0) is 14.4. The number of halogens is 1. The molecule has 0 aliphatic rings. The minimum atomic E-state index is -0.173. The minimum absolute atomic E-state index is 0.0276. The number of hydrogen-bond donors (Lipinski definition) is 1. The first-order valence-corrected chi connectivity index (χ1v) is 7.26. The molecule has 1 aromatic heterocycles. The number of carbonyl (C=O) groups excluding carboxylic acids is 1. The molecule has 1 aromatic carbocycles. The third kappa shape index (κ3) is 4.57. The molecule has 2 rings (SSSR count). The molecule has 0 unspecified atom stereocenters. The number of anilines is 1. The van der Waals surface area contributed by atoms with Crippen LogP contribution in [0.1, 0.15) is 11.3 Å². The van der Waals surface area contributed by atoms with Crippen LogP contribution in [0.15, 0.2) is 42.6 Å². The Balaban J connectivity index is 1.82. The molecular weight excluding hydrogens is 367 g/mol. The second kappa shape index (κ2) is 7.35. The van der Waals surface area contributed by atoms with Gasteiger partial charge in [0.2, 0.25) is 5.91 Å². The van der Waals surface area contributed by atoms with Crippen molar-refractivity contribution in [2.24, 2.45) is 0 Å². The summed E-state index contributed by atoms with van der Waals surface area (Å²) in [6, 6.07) is 11.7. The maximum Gasteiger partial charge on any atom is 0.250 e. The van der Waals surface area contributed by atoms with Gasteiger partial charge in [-0.25, -0.2) is 0 Å². The molecular formula is C15H15IN2O2. The Kier molecular flexibility index (Phi) is 5.49. The van der Waals surface area contributed by atoms with Crippen molar-refractivity contribution < 1.29 is 9.53 Å². The molecule has 0 fully saturated rings. The van der Waals surface area contributed by atoms with Gasteiger partial charge in [-0.1, -0.05) is 30.3 Å². The molecule has 0 radical (unpaired) electrons. The molecule has 5 heteroatoms. The van der Waals surface area contributed by atoms with Crippen LogP contribution in [0.25, 0.3) is 0 Å². The number of nitrogens with zero attached hydrogens (tertiary/aromatic N) is 1. The summed E-state index contributed by atoms with van der Waals surface area (Å²) in [5.74, 6) is -0.173. The highest BCUT2D eigenvalue weighted by Crippen LogP contribution is 2.15. The average molecular weight is 382 g/mol. The predicted molar refractivity (Wildman–Crippen MR) is 86.4 cm³/mol. The maximum atomic E-state index is 11.8. The van der Waals surface area contributed by atoms with Gasteiger partial charge in [0, 0.05) is 9.77 Å². The summed E-state index contributed by atoms with van der Waals surface area (Å²) in [4.78, 5) is 16.0. The quantitative estimate of drug-likeness (QED) is 0.809. The second-order valence-corrected chi connectivity index (χ2v) is 5.56. The van der Waals surface area contributed by atoms with Gasteiger partial charge in [-0.2, -0.15) is 0 Å². The van der Waals surface area contributed by atoms with Crippen LogP contribution in [-0.4, -0.2) is 17.5 Å². The van der Waals surface area contributed by atoms with Gasteiger partial charge in [-0.15, -0.1) is 0 Å². The van der Waals surface area contributed by atoms with Crippen molar-refractivity contribution in [3.8, 4) is 0 Å². The van der Waals surface area contributed by atoms with E-state index >= 15 is 0 Å². The van der Waals surface area contributed by atoms with Gasteiger partial charge < -0.3 is 10.1 Å². The minimum Gasteiger partial charge on any atom is -0.367 e. The normalized spacial score (nSPS) is 10.3. The van der Waals surface area contributed by atoms with Crippen LogP contribution in [0.5, 0.6) is 0 Å². The number of carbonyl (C=O) groups is 1. The molecule has 20 heavy (non-hydrogen) atoms. The first kappa shape index (κ1) is 14.9. The van der Waals surface area contributed by atoms with E-state index in [9.17, 15) is 4.79 Å². The van der Waals surface area contributed by atoms with E-state index in [1.807, 2.05) is 43.3 Å².